The van der Waals surface area contributed by atoms with Crippen LogP contribution in [0.25, 0.3) is 0 Å². The summed E-state index contributed by atoms with van der Waals surface area (Å²) < 4.78 is 5.06. The van der Waals surface area contributed by atoms with Crippen LogP contribution in [0.4, 0.5) is 0 Å². The van der Waals surface area contributed by atoms with E-state index in [1.807, 2.05) is 6.92 Å². The molecule has 0 saturated carbocycles. The van der Waals surface area contributed by atoms with E-state index in [-0.39, 0.29) is 22.3 Å². The molecule has 0 spiro atoms. The van der Waals surface area contributed by atoms with E-state index in [9.17, 15) is 9.59 Å². The first-order valence-electron chi connectivity index (χ1n) is 5.69. The molecule has 7 heteroatoms. The zero-order chi connectivity index (χ0) is 15.1. The van der Waals surface area contributed by atoms with Gasteiger partial charge in [0.05, 0.1) is 11.1 Å². The Morgan fingerprint density at radius 1 is 1.37 bits per heavy atom. The number of allylic oxidation sites excluding steroid dienone is 1. The minimum atomic E-state index is -0.290. The van der Waals surface area contributed by atoms with E-state index in [0.29, 0.717) is 19.6 Å². The number of halogens is 1. The molecule has 1 N–H and O–H groups in total. The van der Waals surface area contributed by atoms with Crippen molar-refractivity contribution in [3.05, 3.63) is 10.6 Å². The van der Waals surface area contributed by atoms with E-state index >= 15 is 0 Å². The number of amides is 1. The lowest BCUT2D eigenvalue weighted by Crippen LogP contribution is -2.27. The number of methoxy groups -OCH3 is 1. The molecule has 0 radical (unpaired) electrons. The van der Waals surface area contributed by atoms with Gasteiger partial charge in [0, 0.05) is 26.2 Å². The van der Waals surface area contributed by atoms with Crippen LogP contribution in [0.15, 0.2) is 10.6 Å². The average Bonchev–Trinajstić information content (AvgIpc) is 2.37. The maximum Gasteiger partial charge on any atom is 0.373 e. The first-order valence-corrected chi connectivity index (χ1v) is 6.49. The SMILES string of the molecule is CCCCC(=O)/C=C(/Br)C(=O)NCCOC.O=C=O. The van der Waals surface area contributed by atoms with E-state index in [1.54, 1.807) is 7.11 Å². The summed E-state index contributed by atoms with van der Waals surface area (Å²) in [6, 6.07) is 0. The summed E-state index contributed by atoms with van der Waals surface area (Å²) in [5.74, 6) is -0.322. The van der Waals surface area contributed by atoms with E-state index in [0.717, 1.165) is 12.8 Å². The lowest BCUT2D eigenvalue weighted by atomic mass is 10.2. The highest BCUT2D eigenvalue weighted by Gasteiger charge is 2.07. The van der Waals surface area contributed by atoms with Crippen molar-refractivity contribution in [1.29, 1.82) is 0 Å². The molecule has 0 aliphatic heterocycles. The second-order valence-corrected chi connectivity index (χ2v) is 4.25. The zero-order valence-corrected chi connectivity index (χ0v) is 12.6. The standard InChI is InChI=1S/C11H18BrNO3.CO2/c1-3-4-5-9(14)8-10(12)11(15)13-6-7-16-2;2-1-3/h8H,3-7H2,1-2H3,(H,13,15);/b10-8+;. The highest BCUT2D eigenvalue weighted by Crippen LogP contribution is 2.07. The molecule has 0 aromatic rings. The Hall–Kier alpha value is -1.30. The summed E-state index contributed by atoms with van der Waals surface area (Å²) >= 11 is 3.08. The highest BCUT2D eigenvalue weighted by atomic mass is 79.9. The molecule has 0 heterocycles. The molecule has 19 heavy (non-hydrogen) atoms. The van der Waals surface area contributed by atoms with Gasteiger partial charge in [0.2, 0.25) is 0 Å². The molecular weight excluding hydrogens is 318 g/mol. The summed E-state index contributed by atoms with van der Waals surface area (Å²) in [5.41, 5.74) is 0. The molecule has 0 aromatic carbocycles. The molecule has 0 unspecified atom stereocenters. The average molecular weight is 336 g/mol. The molecule has 0 aliphatic carbocycles. The Balaban J connectivity index is 0. The molecule has 0 saturated heterocycles. The van der Waals surface area contributed by atoms with Crippen LogP contribution in [-0.4, -0.2) is 38.1 Å². The Morgan fingerprint density at radius 3 is 2.42 bits per heavy atom. The molecule has 0 aromatic heterocycles. The third kappa shape index (κ3) is 14.6. The Labute approximate surface area is 120 Å². The van der Waals surface area contributed by atoms with E-state index < -0.39 is 0 Å². The highest BCUT2D eigenvalue weighted by molar-refractivity contribution is 9.12. The van der Waals surface area contributed by atoms with Crippen molar-refractivity contribution in [2.75, 3.05) is 20.3 Å². The van der Waals surface area contributed by atoms with Crippen molar-refractivity contribution < 1.29 is 23.9 Å². The van der Waals surface area contributed by atoms with Gasteiger partial charge in [-0.25, -0.2) is 0 Å². The van der Waals surface area contributed by atoms with Crippen LogP contribution in [0.1, 0.15) is 26.2 Å². The predicted octanol–water partition coefficient (Wildman–Crippen LogP) is 1.20. The minimum absolute atomic E-state index is 0.0318. The Kier molecular flexibility index (Phi) is 15.6. The Morgan fingerprint density at radius 2 is 1.95 bits per heavy atom. The second-order valence-electron chi connectivity index (χ2n) is 3.39. The van der Waals surface area contributed by atoms with Crippen molar-refractivity contribution in [2.45, 2.75) is 26.2 Å². The van der Waals surface area contributed by atoms with E-state index in [4.69, 9.17) is 14.3 Å². The van der Waals surface area contributed by atoms with Gasteiger partial charge < -0.3 is 10.1 Å². The summed E-state index contributed by atoms with van der Waals surface area (Å²) in [5, 5.41) is 2.61. The molecule has 6 nitrogen and oxygen atoms in total. The van der Waals surface area contributed by atoms with Crippen LogP contribution in [0.3, 0.4) is 0 Å². The fraction of sp³-hybridized carbons (Fsp3) is 0.583. The largest absolute Gasteiger partial charge is 0.383 e. The number of ketones is 1. The van der Waals surface area contributed by atoms with Gasteiger partial charge in [-0.1, -0.05) is 13.3 Å². The van der Waals surface area contributed by atoms with Gasteiger partial charge in [0.1, 0.15) is 0 Å². The van der Waals surface area contributed by atoms with Gasteiger partial charge in [-0.05, 0) is 22.4 Å². The first kappa shape index (κ1) is 20.0. The van der Waals surface area contributed by atoms with E-state index in [1.165, 1.54) is 6.08 Å². The normalized spacial score (nSPS) is 9.95. The van der Waals surface area contributed by atoms with Crippen LogP contribution in [-0.2, 0) is 23.9 Å². The lowest BCUT2D eigenvalue weighted by Gasteiger charge is -2.03. The number of nitrogens with one attached hydrogen (secondary N) is 1. The smallest absolute Gasteiger partial charge is 0.373 e. The topological polar surface area (TPSA) is 89.5 Å². The number of carbonyl (C=O) groups excluding carboxylic acids is 4. The van der Waals surface area contributed by atoms with Crippen LogP contribution in [0.2, 0.25) is 0 Å². The molecule has 1 amide bonds. The van der Waals surface area contributed by atoms with Gasteiger partial charge in [-0.15, -0.1) is 0 Å². The third-order valence-corrected chi connectivity index (χ3v) is 2.46. The minimum Gasteiger partial charge on any atom is -0.383 e. The fourth-order valence-electron chi connectivity index (χ4n) is 0.981. The van der Waals surface area contributed by atoms with Crippen molar-refractivity contribution in [3.63, 3.8) is 0 Å². The maximum atomic E-state index is 11.4. The van der Waals surface area contributed by atoms with E-state index in [2.05, 4.69) is 21.2 Å². The number of rotatable bonds is 8. The Bertz CT molecular complexity index is 335. The maximum absolute atomic E-state index is 11.4. The molecular formula is C12H18BrNO5. The van der Waals surface area contributed by atoms with Crippen molar-refractivity contribution >= 4 is 33.8 Å². The molecule has 0 aliphatic rings. The summed E-state index contributed by atoms with van der Waals surface area (Å²) in [6.45, 7) is 2.90. The van der Waals surface area contributed by atoms with Gasteiger partial charge in [-0.2, -0.15) is 9.59 Å². The van der Waals surface area contributed by atoms with Crippen LogP contribution < -0.4 is 5.32 Å². The molecule has 0 fully saturated rings. The van der Waals surface area contributed by atoms with Crippen LogP contribution in [0, 0.1) is 0 Å². The fourth-order valence-corrected chi connectivity index (χ4v) is 1.38. The van der Waals surface area contributed by atoms with Crippen molar-refractivity contribution in [1.82, 2.24) is 5.32 Å². The molecule has 0 rings (SSSR count). The van der Waals surface area contributed by atoms with Crippen LogP contribution >= 0.6 is 15.9 Å². The van der Waals surface area contributed by atoms with Gasteiger partial charge in [-0.3, -0.25) is 9.59 Å². The monoisotopic (exact) mass is 335 g/mol. The molecule has 0 bridgehead atoms. The summed E-state index contributed by atoms with van der Waals surface area (Å²) in [6.07, 6.45) is 3.88. The molecule has 0 atom stereocenters. The lowest BCUT2D eigenvalue weighted by molar-refractivity contribution is -0.191. The zero-order valence-electron chi connectivity index (χ0n) is 11.0. The number of hydrogen-bond donors (Lipinski definition) is 1. The molecule has 108 valence electrons. The summed E-state index contributed by atoms with van der Waals surface area (Å²) in [4.78, 5) is 39.0. The second kappa shape index (κ2) is 14.8. The van der Waals surface area contributed by atoms with Crippen molar-refractivity contribution in [2.24, 2.45) is 0 Å². The third-order valence-electron chi connectivity index (χ3n) is 1.87. The van der Waals surface area contributed by atoms with Gasteiger partial charge in [0.25, 0.3) is 5.91 Å². The summed E-state index contributed by atoms with van der Waals surface area (Å²) in [7, 11) is 1.56. The van der Waals surface area contributed by atoms with Gasteiger partial charge in [0.15, 0.2) is 5.78 Å². The quantitative estimate of drug-likeness (QED) is 0.531. The first-order chi connectivity index (χ1) is 9.03. The number of ether oxygens (including phenoxy) is 1. The number of unbranched alkanes of at least 4 members (excludes halogenated alkanes) is 1. The number of hydrogen-bond acceptors (Lipinski definition) is 5. The predicted molar refractivity (Wildman–Crippen MR) is 71.4 cm³/mol. The van der Waals surface area contributed by atoms with Gasteiger partial charge >= 0.3 is 6.15 Å². The number of carbonyl (C=O) groups is 2. The van der Waals surface area contributed by atoms with Crippen molar-refractivity contribution in [3.8, 4) is 0 Å². The van der Waals surface area contributed by atoms with Crippen LogP contribution in [0.5, 0.6) is 0 Å².